The quantitative estimate of drug-likeness (QED) is 0.586. The fourth-order valence-electron chi connectivity index (χ4n) is 2.59. The lowest BCUT2D eigenvalue weighted by atomic mass is 10.3. The number of carbonyl (C=O) groups excluding carboxylic acids is 1. The maximum atomic E-state index is 12.4. The maximum absolute atomic E-state index is 12.4. The van der Waals surface area contributed by atoms with Crippen molar-refractivity contribution in [1.82, 2.24) is 0 Å². The Kier molecular flexibility index (Phi) is 5.24. The van der Waals surface area contributed by atoms with Crippen LogP contribution in [0.5, 0.6) is 0 Å². The number of anilines is 1. The molecule has 6 heteroatoms. The van der Waals surface area contributed by atoms with Gasteiger partial charge < -0.3 is 4.90 Å². The molecule has 2 aliphatic heterocycles. The van der Waals surface area contributed by atoms with Crippen LogP contribution in [-0.4, -0.2) is 34.2 Å². The van der Waals surface area contributed by atoms with Gasteiger partial charge in [0.1, 0.15) is 4.91 Å². The second-order valence-electron chi connectivity index (χ2n) is 4.97. The Morgan fingerprint density at radius 2 is 2.00 bits per heavy atom. The minimum atomic E-state index is 0.113. The van der Waals surface area contributed by atoms with E-state index in [0.29, 0.717) is 0 Å². The van der Waals surface area contributed by atoms with Gasteiger partial charge in [-0.3, -0.25) is 0 Å². The van der Waals surface area contributed by atoms with Crippen molar-refractivity contribution < 1.29 is 9.37 Å². The summed E-state index contributed by atoms with van der Waals surface area (Å²) in [5.74, 6) is 0.113. The van der Waals surface area contributed by atoms with Crippen LogP contribution in [-0.2, 0) is 4.79 Å². The van der Waals surface area contributed by atoms with Gasteiger partial charge in [-0.15, -0.1) is 4.58 Å². The van der Waals surface area contributed by atoms with Gasteiger partial charge in [0.25, 0.3) is 4.38 Å². The van der Waals surface area contributed by atoms with Crippen molar-refractivity contribution in [3.8, 4) is 0 Å². The molecule has 2 aliphatic rings. The highest BCUT2D eigenvalue weighted by Crippen LogP contribution is 2.45. The number of amides is 1. The van der Waals surface area contributed by atoms with Crippen molar-refractivity contribution in [2.45, 2.75) is 18.7 Å². The Hall–Kier alpha value is -1.11. The van der Waals surface area contributed by atoms with Gasteiger partial charge in [0.05, 0.1) is 10.7 Å². The van der Waals surface area contributed by atoms with Crippen molar-refractivity contribution in [2.24, 2.45) is 0 Å². The molecule has 0 bridgehead atoms. The van der Waals surface area contributed by atoms with Crippen LogP contribution in [0.1, 0.15) is 13.8 Å². The molecule has 1 aromatic rings. The van der Waals surface area contributed by atoms with Crippen molar-refractivity contribution >= 4 is 51.3 Å². The summed E-state index contributed by atoms with van der Waals surface area (Å²) in [5, 5.41) is 1.18. The summed E-state index contributed by atoms with van der Waals surface area (Å²) in [4.78, 5) is 16.8. The summed E-state index contributed by atoms with van der Waals surface area (Å²) in [6.07, 6.45) is 6.06. The zero-order valence-corrected chi connectivity index (χ0v) is 15.9. The van der Waals surface area contributed by atoms with Crippen molar-refractivity contribution in [1.29, 1.82) is 0 Å². The predicted molar refractivity (Wildman–Crippen MR) is 103 cm³/mol. The smallest absolute Gasteiger partial charge is 0.335 e. The van der Waals surface area contributed by atoms with Gasteiger partial charge in [-0.2, -0.15) is 0 Å². The van der Waals surface area contributed by atoms with Crippen LogP contribution in [0.15, 0.2) is 51.2 Å². The van der Waals surface area contributed by atoms with E-state index in [1.807, 2.05) is 23.8 Å². The molecule has 0 spiro atoms. The zero-order valence-electron chi connectivity index (χ0n) is 13.4. The Morgan fingerprint density at radius 3 is 2.65 bits per heavy atom. The molecule has 0 atom stereocenters. The van der Waals surface area contributed by atoms with Gasteiger partial charge in [-0.1, -0.05) is 35.7 Å². The van der Waals surface area contributed by atoms with Crippen LogP contribution in [0.25, 0.3) is 0 Å². The third-order valence-electron chi connectivity index (χ3n) is 3.69. The summed E-state index contributed by atoms with van der Waals surface area (Å²) in [7, 11) is 0. The van der Waals surface area contributed by atoms with E-state index >= 15 is 0 Å². The van der Waals surface area contributed by atoms with Crippen LogP contribution in [0, 0.1) is 0 Å². The number of nitrogens with zero attached hydrogens (tertiary/aromatic N) is 2. The number of likely N-dealkylation sites (N-methyl/N-ethyl adjacent to an activating group) is 1. The minimum Gasteiger partial charge on any atom is -0.335 e. The molecule has 1 amide bonds. The first-order valence-electron chi connectivity index (χ1n) is 7.56. The first-order chi connectivity index (χ1) is 11.2. The van der Waals surface area contributed by atoms with Crippen molar-refractivity contribution in [2.75, 3.05) is 24.2 Å². The van der Waals surface area contributed by atoms with Crippen LogP contribution < -0.4 is 4.90 Å². The van der Waals surface area contributed by atoms with Gasteiger partial charge in [0.2, 0.25) is 0 Å². The highest BCUT2D eigenvalue weighted by atomic mass is 32.2. The lowest BCUT2D eigenvalue weighted by Crippen LogP contribution is -2.18. The third kappa shape index (κ3) is 3.12. The van der Waals surface area contributed by atoms with Gasteiger partial charge >= 0.3 is 5.91 Å². The lowest BCUT2D eigenvalue weighted by Gasteiger charge is -2.17. The SMILES string of the molecule is CCN1C(=CC=C2SC(SC)=[N+](CC)C2=O)Sc2ccccc21. The van der Waals surface area contributed by atoms with Gasteiger partial charge in [0.15, 0.2) is 6.54 Å². The van der Waals surface area contributed by atoms with E-state index in [-0.39, 0.29) is 5.91 Å². The first-order valence-corrected chi connectivity index (χ1v) is 10.4. The molecule has 3 rings (SSSR count). The molecule has 0 aromatic heterocycles. The maximum Gasteiger partial charge on any atom is 0.427 e. The molecule has 0 N–H and O–H groups in total. The van der Waals surface area contributed by atoms with Crippen molar-refractivity contribution in [3.63, 3.8) is 0 Å². The molecule has 120 valence electrons. The molecule has 23 heavy (non-hydrogen) atoms. The van der Waals surface area contributed by atoms with Gasteiger partial charge in [-0.25, -0.2) is 4.79 Å². The van der Waals surface area contributed by atoms with Crippen LogP contribution in [0.4, 0.5) is 5.69 Å². The molecule has 0 saturated carbocycles. The van der Waals surface area contributed by atoms with Crippen molar-refractivity contribution in [3.05, 3.63) is 46.4 Å². The average molecular weight is 364 g/mol. The van der Waals surface area contributed by atoms with E-state index in [1.165, 1.54) is 15.6 Å². The number of para-hydroxylation sites is 1. The molecule has 0 saturated heterocycles. The van der Waals surface area contributed by atoms with Crippen LogP contribution in [0.3, 0.4) is 0 Å². The molecule has 3 nitrogen and oxygen atoms in total. The molecule has 0 fully saturated rings. The number of rotatable bonds is 3. The summed E-state index contributed by atoms with van der Waals surface area (Å²) < 4.78 is 2.91. The van der Waals surface area contributed by atoms with E-state index in [4.69, 9.17) is 0 Å². The lowest BCUT2D eigenvalue weighted by molar-refractivity contribution is -0.433. The third-order valence-corrected chi connectivity index (χ3v) is 7.07. The standard InChI is InChI=1S/C17H19N2OS3/c1-4-18-12-8-6-7-9-13(12)22-15(18)11-10-14-16(20)19(5-2)17(21-3)23-14/h6-11H,4-5H2,1-3H3/q+1. The number of hydrogen-bond donors (Lipinski definition) is 0. The van der Waals surface area contributed by atoms with Crippen LogP contribution in [0.2, 0.25) is 0 Å². The molecular formula is C17H19N2OS3+. The number of carbonyl (C=O) groups is 1. The minimum absolute atomic E-state index is 0.113. The Morgan fingerprint density at radius 1 is 1.22 bits per heavy atom. The number of thioether (sulfide) groups is 3. The second-order valence-corrected chi connectivity index (χ2v) is 8.12. The zero-order chi connectivity index (χ0) is 16.4. The summed E-state index contributed by atoms with van der Waals surface area (Å²) in [6.45, 7) is 5.80. The summed E-state index contributed by atoms with van der Waals surface area (Å²) in [5.41, 5.74) is 1.25. The number of fused-ring (bicyclic) bond motifs is 1. The largest absolute Gasteiger partial charge is 0.427 e. The Balaban J connectivity index is 1.86. The van der Waals surface area contributed by atoms with E-state index < -0.39 is 0 Å². The highest BCUT2D eigenvalue weighted by molar-refractivity contribution is 8.40. The molecule has 0 unspecified atom stereocenters. The molecular weight excluding hydrogens is 344 g/mol. The van der Waals surface area contributed by atoms with E-state index in [1.54, 1.807) is 35.3 Å². The average Bonchev–Trinajstić information content (AvgIpc) is 3.09. The van der Waals surface area contributed by atoms with E-state index in [9.17, 15) is 4.79 Å². The van der Waals surface area contributed by atoms with Gasteiger partial charge in [-0.05, 0) is 56.1 Å². The summed E-state index contributed by atoms with van der Waals surface area (Å²) >= 11 is 4.97. The predicted octanol–water partition coefficient (Wildman–Crippen LogP) is 4.37. The normalized spacial score (nSPS) is 21.0. The fourth-order valence-corrected chi connectivity index (χ4v) is 5.60. The Bertz CT molecular complexity index is 737. The van der Waals surface area contributed by atoms with E-state index in [0.717, 1.165) is 22.4 Å². The first kappa shape index (κ1) is 16.7. The molecule has 2 heterocycles. The van der Waals surface area contributed by atoms with E-state index in [2.05, 4.69) is 42.2 Å². The fraction of sp³-hybridized carbons (Fsp3) is 0.294. The number of benzene rings is 1. The number of allylic oxidation sites excluding steroid dienone is 2. The second kappa shape index (κ2) is 7.20. The van der Waals surface area contributed by atoms with Crippen LogP contribution >= 0.6 is 35.3 Å². The monoisotopic (exact) mass is 363 g/mol. The van der Waals surface area contributed by atoms with Gasteiger partial charge in [0, 0.05) is 11.4 Å². The highest BCUT2D eigenvalue weighted by Gasteiger charge is 2.36. The molecule has 0 aliphatic carbocycles. The molecule has 0 radical (unpaired) electrons. The topological polar surface area (TPSA) is 23.3 Å². The Labute approximate surface area is 149 Å². The summed E-state index contributed by atoms with van der Waals surface area (Å²) in [6, 6.07) is 8.42. The number of hydrogen-bond acceptors (Lipinski definition) is 5. The molecule has 1 aromatic carbocycles.